The van der Waals surface area contributed by atoms with Gasteiger partial charge in [-0.1, -0.05) is 30.2 Å². The maximum Gasteiger partial charge on any atom is 0.142 e. The topological polar surface area (TPSA) is 65.8 Å². The number of carbonyl (C=O) groups excluding carboxylic acids is 1. The lowest BCUT2D eigenvalue weighted by Crippen LogP contribution is -1.85. The molecule has 0 aliphatic heterocycles. The minimum absolute atomic E-state index is 0.595. The molecule has 1 aromatic carbocycles. The highest BCUT2D eigenvalue weighted by Crippen LogP contribution is 2.20. The predicted octanol–water partition coefficient (Wildman–Crippen LogP) is 3.40. The monoisotopic (exact) mass is 201 g/mol. The molecule has 0 heterocycles. The Morgan fingerprint density at radius 1 is 1.53 bits per heavy atom. The molecule has 0 aliphatic rings. The van der Waals surface area contributed by atoms with Crippen LogP contribution in [0.1, 0.15) is 18.1 Å². The molecule has 1 rings (SSSR count). The van der Waals surface area contributed by atoms with Gasteiger partial charge in [0.15, 0.2) is 0 Å². The standard InChI is InChI=1S/C11H11N3O/c1-2-9-8-11(13-14-12)6-5-10(9)4-3-7-15/h3-8H,2H2,1H3/b4-3+. The van der Waals surface area contributed by atoms with Crippen LogP contribution < -0.4 is 0 Å². The average molecular weight is 201 g/mol. The van der Waals surface area contributed by atoms with E-state index in [0.29, 0.717) is 5.69 Å². The summed E-state index contributed by atoms with van der Waals surface area (Å²) in [6.45, 7) is 2.01. The Bertz CT molecular complexity index is 431. The second-order valence-corrected chi connectivity index (χ2v) is 2.92. The molecule has 1 aromatic rings. The zero-order chi connectivity index (χ0) is 11.1. The van der Waals surface area contributed by atoms with Gasteiger partial charge in [0.05, 0.1) is 0 Å². The summed E-state index contributed by atoms with van der Waals surface area (Å²) in [5, 5.41) is 3.52. The summed E-state index contributed by atoms with van der Waals surface area (Å²) in [4.78, 5) is 12.9. The second-order valence-electron chi connectivity index (χ2n) is 2.92. The highest BCUT2D eigenvalue weighted by atomic mass is 16.1. The van der Waals surface area contributed by atoms with E-state index in [9.17, 15) is 4.79 Å². The Kier molecular flexibility index (Phi) is 4.13. The van der Waals surface area contributed by atoms with Crippen LogP contribution in [0.4, 0.5) is 5.69 Å². The number of aryl methyl sites for hydroxylation is 1. The zero-order valence-electron chi connectivity index (χ0n) is 8.42. The molecule has 0 aliphatic carbocycles. The first kappa shape index (κ1) is 11.0. The number of allylic oxidation sites excluding steroid dienone is 1. The van der Waals surface area contributed by atoms with E-state index in [4.69, 9.17) is 5.53 Å². The van der Waals surface area contributed by atoms with Crippen LogP contribution in [-0.4, -0.2) is 6.29 Å². The molecule has 76 valence electrons. The lowest BCUT2D eigenvalue weighted by atomic mass is 10.0. The van der Waals surface area contributed by atoms with E-state index in [-0.39, 0.29) is 0 Å². The van der Waals surface area contributed by atoms with Gasteiger partial charge in [0.1, 0.15) is 6.29 Å². The maximum atomic E-state index is 10.2. The summed E-state index contributed by atoms with van der Waals surface area (Å²) in [5.41, 5.74) is 10.9. The van der Waals surface area contributed by atoms with Crippen molar-refractivity contribution < 1.29 is 4.79 Å². The third-order valence-electron chi connectivity index (χ3n) is 2.02. The molecule has 0 N–H and O–H groups in total. The largest absolute Gasteiger partial charge is 0.299 e. The van der Waals surface area contributed by atoms with Gasteiger partial charge in [-0.2, -0.15) is 0 Å². The summed E-state index contributed by atoms with van der Waals surface area (Å²) in [5.74, 6) is 0. The van der Waals surface area contributed by atoms with Gasteiger partial charge in [-0.05, 0) is 35.2 Å². The first-order valence-corrected chi connectivity index (χ1v) is 4.61. The van der Waals surface area contributed by atoms with E-state index in [1.807, 2.05) is 19.1 Å². The first-order valence-electron chi connectivity index (χ1n) is 4.61. The van der Waals surface area contributed by atoms with Gasteiger partial charge in [0.2, 0.25) is 0 Å². The highest BCUT2D eigenvalue weighted by molar-refractivity contribution is 5.75. The van der Waals surface area contributed by atoms with Crippen LogP contribution in [0, 0.1) is 0 Å². The van der Waals surface area contributed by atoms with Gasteiger partial charge in [0, 0.05) is 10.6 Å². The summed E-state index contributed by atoms with van der Waals surface area (Å²) in [7, 11) is 0. The molecule has 4 nitrogen and oxygen atoms in total. The van der Waals surface area contributed by atoms with Crippen LogP contribution in [0.5, 0.6) is 0 Å². The zero-order valence-corrected chi connectivity index (χ0v) is 8.42. The van der Waals surface area contributed by atoms with Crippen LogP contribution in [0.15, 0.2) is 29.4 Å². The second kappa shape index (κ2) is 5.62. The molecule has 0 saturated heterocycles. The SMILES string of the molecule is CCc1cc(N=[N+]=[N-])ccc1/C=C/C=O. The molecule has 0 bridgehead atoms. The fourth-order valence-corrected chi connectivity index (χ4v) is 1.32. The third-order valence-corrected chi connectivity index (χ3v) is 2.02. The predicted molar refractivity (Wildman–Crippen MR) is 59.7 cm³/mol. The van der Waals surface area contributed by atoms with Crippen molar-refractivity contribution in [2.24, 2.45) is 5.11 Å². The van der Waals surface area contributed by atoms with Crippen molar-refractivity contribution >= 4 is 18.0 Å². The molecule has 0 radical (unpaired) electrons. The summed E-state index contributed by atoms with van der Waals surface area (Å²) in [6.07, 6.45) is 4.75. The van der Waals surface area contributed by atoms with Crippen molar-refractivity contribution in [1.82, 2.24) is 0 Å². The van der Waals surface area contributed by atoms with Gasteiger partial charge in [0.25, 0.3) is 0 Å². The molecular formula is C11H11N3O. The Balaban J connectivity index is 3.13. The van der Waals surface area contributed by atoms with Crippen LogP contribution in [-0.2, 0) is 11.2 Å². The third kappa shape index (κ3) is 2.97. The van der Waals surface area contributed by atoms with E-state index >= 15 is 0 Å². The quantitative estimate of drug-likeness (QED) is 0.242. The molecular weight excluding hydrogens is 190 g/mol. The number of aldehydes is 1. The minimum atomic E-state index is 0.595. The molecule has 4 heteroatoms. The number of rotatable bonds is 4. The average Bonchev–Trinajstić information content (AvgIpc) is 2.27. The summed E-state index contributed by atoms with van der Waals surface area (Å²) < 4.78 is 0. The lowest BCUT2D eigenvalue weighted by molar-refractivity contribution is -0.104. The molecule has 0 fully saturated rings. The fraction of sp³-hybridized carbons (Fsp3) is 0.182. The van der Waals surface area contributed by atoms with Crippen LogP contribution in [0.2, 0.25) is 0 Å². The van der Waals surface area contributed by atoms with Gasteiger partial charge in [-0.3, -0.25) is 4.79 Å². The van der Waals surface area contributed by atoms with Gasteiger partial charge in [-0.25, -0.2) is 0 Å². The van der Waals surface area contributed by atoms with E-state index in [0.717, 1.165) is 23.8 Å². The molecule has 15 heavy (non-hydrogen) atoms. The number of hydrogen-bond donors (Lipinski definition) is 0. The minimum Gasteiger partial charge on any atom is -0.299 e. The molecule has 0 unspecified atom stereocenters. The molecule has 0 amide bonds. The highest BCUT2D eigenvalue weighted by Gasteiger charge is 1.98. The van der Waals surface area contributed by atoms with Crippen molar-refractivity contribution in [3.8, 4) is 0 Å². The van der Waals surface area contributed by atoms with Crippen molar-refractivity contribution in [2.75, 3.05) is 0 Å². The van der Waals surface area contributed by atoms with E-state index < -0.39 is 0 Å². The molecule has 0 atom stereocenters. The molecule has 0 saturated carbocycles. The van der Waals surface area contributed by atoms with E-state index in [2.05, 4.69) is 10.0 Å². The van der Waals surface area contributed by atoms with Gasteiger partial charge in [-0.15, -0.1) is 0 Å². The fourth-order valence-electron chi connectivity index (χ4n) is 1.32. The Morgan fingerprint density at radius 2 is 2.33 bits per heavy atom. The number of benzene rings is 1. The number of azide groups is 1. The lowest BCUT2D eigenvalue weighted by Gasteiger charge is -2.03. The number of nitrogens with zero attached hydrogens (tertiary/aromatic N) is 3. The summed E-state index contributed by atoms with van der Waals surface area (Å²) in [6, 6.07) is 5.39. The van der Waals surface area contributed by atoms with Crippen molar-refractivity contribution in [2.45, 2.75) is 13.3 Å². The van der Waals surface area contributed by atoms with Crippen LogP contribution in [0.3, 0.4) is 0 Å². The Labute approximate surface area is 87.9 Å². The maximum absolute atomic E-state index is 10.2. The molecule has 0 spiro atoms. The van der Waals surface area contributed by atoms with Crippen molar-refractivity contribution in [1.29, 1.82) is 0 Å². The van der Waals surface area contributed by atoms with E-state index in [1.165, 1.54) is 6.08 Å². The van der Waals surface area contributed by atoms with Crippen molar-refractivity contribution in [3.05, 3.63) is 45.8 Å². The summed E-state index contributed by atoms with van der Waals surface area (Å²) >= 11 is 0. The number of hydrogen-bond acceptors (Lipinski definition) is 2. The Morgan fingerprint density at radius 3 is 2.93 bits per heavy atom. The van der Waals surface area contributed by atoms with Crippen molar-refractivity contribution in [3.63, 3.8) is 0 Å². The molecule has 0 aromatic heterocycles. The smallest absolute Gasteiger partial charge is 0.142 e. The van der Waals surface area contributed by atoms with E-state index in [1.54, 1.807) is 12.1 Å². The van der Waals surface area contributed by atoms with Crippen LogP contribution >= 0.6 is 0 Å². The van der Waals surface area contributed by atoms with Gasteiger partial charge >= 0.3 is 0 Å². The van der Waals surface area contributed by atoms with Gasteiger partial charge < -0.3 is 0 Å². The Hall–Kier alpha value is -2.06. The normalized spacial score (nSPS) is 9.93. The number of carbonyl (C=O) groups is 1. The van der Waals surface area contributed by atoms with Crippen LogP contribution in [0.25, 0.3) is 16.5 Å². The first-order chi connectivity index (χ1) is 7.31.